The van der Waals surface area contributed by atoms with Crippen molar-refractivity contribution in [2.45, 2.75) is 58.3 Å². The van der Waals surface area contributed by atoms with Crippen LogP contribution in [0.25, 0.3) is 0 Å². The maximum Gasteiger partial charge on any atom is 0.193 e. The highest BCUT2D eigenvalue weighted by molar-refractivity contribution is 8.00. The first-order valence-electron chi connectivity index (χ1n) is 8.94. The molecule has 134 valence electrons. The lowest BCUT2D eigenvalue weighted by atomic mass is 9.78. The van der Waals surface area contributed by atoms with Gasteiger partial charge < -0.3 is 15.0 Å². The van der Waals surface area contributed by atoms with Crippen molar-refractivity contribution in [1.29, 1.82) is 0 Å². The largest absolute Gasteiger partial charge is 0.377 e. The Balaban J connectivity index is 1.94. The first kappa shape index (κ1) is 18.9. The Labute approximate surface area is 146 Å². The van der Waals surface area contributed by atoms with Crippen LogP contribution in [0.15, 0.2) is 4.99 Å². The fraction of sp³-hybridized carbons (Fsp3) is 0.944. The van der Waals surface area contributed by atoms with E-state index in [0.29, 0.717) is 16.8 Å². The molecule has 2 rings (SSSR count). The molecule has 2 aliphatic heterocycles. The SMILES string of the molecule is CN=C(NCC1CCCOC1C(C)(C)C)N1CCSC(C)(C)C1. The highest BCUT2D eigenvalue weighted by Gasteiger charge is 2.36. The summed E-state index contributed by atoms with van der Waals surface area (Å²) in [6, 6.07) is 0. The minimum atomic E-state index is 0.194. The van der Waals surface area contributed by atoms with E-state index in [0.717, 1.165) is 32.2 Å². The van der Waals surface area contributed by atoms with Gasteiger partial charge >= 0.3 is 0 Å². The van der Waals surface area contributed by atoms with E-state index in [2.05, 4.69) is 61.6 Å². The summed E-state index contributed by atoms with van der Waals surface area (Å²) in [6.45, 7) is 15.5. The van der Waals surface area contributed by atoms with Gasteiger partial charge in [0, 0.05) is 49.7 Å². The molecule has 0 saturated carbocycles. The summed E-state index contributed by atoms with van der Waals surface area (Å²) in [4.78, 5) is 6.94. The molecule has 0 bridgehead atoms. The fourth-order valence-corrected chi connectivity index (χ4v) is 4.87. The van der Waals surface area contributed by atoms with E-state index in [-0.39, 0.29) is 5.41 Å². The van der Waals surface area contributed by atoms with Gasteiger partial charge in [0.05, 0.1) is 6.10 Å². The summed E-state index contributed by atoms with van der Waals surface area (Å²) in [7, 11) is 1.90. The molecule has 2 unspecified atom stereocenters. The number of ether oxygens (including phenoxy) is 1. The van der Waals surface area contributed by atoms with Crippen LogP contribution in [0.1, 0.15) is 47.5 Å². The number of aliphatic imine (C=N–C) groups is 1. The Morgan fingerprint density at radius 2 is 2.13 bits per heavy atom. The third-order valence-corrected chi connectivity index (χ3v) is 6.05. The molecule has 0 aromatic carbocycles. The van der Waals surface area contributed by atoms with Crippen LogP contribution in [0.4, 0.5) is 0 Å². The van der Waals surface area contributed by atoms with Gasteiger partial charge in [-0.25, -0.2) is 0 Å². The summed E-state index contributed by atoms with van der Waals surface area (Å²) < 4.78 is 6.41. The van der Waals surface area contributed by atoms with Crippen LogP contribution in [0.3, 0.4) is 0 Å². The standard InChI is InChI=1S/C18H35N3OS/c1-17(2,3)15-14(8-7-10-22-15)12-20-16(19-6)21-9-11-23-18(4,5)13-21/h14-15H,7-13H2,1-6H3,(H,19,20). The first-order valence-corrected chi connectivity index (χ1v) is 9.93. The quantitative estimate of drug-likeness (QED) is 0.618. The molecule has 5 heteroatoms. The highest BCUT2D eigenvalue weighted by atomic mass is 32.2. The second-order valence-corrected chi connectivity index (χ2v) is 10.3. The Morgan fingerprint density at radius 1 is 1.39 bits per heavy atom. The molecule has 0 radical (unpaired) electrons. The third kappa shape index (κ3) is 5.28. The van der Waals surface area contributed by atoms with Gasteiger partial charge in [-0.2, -0.15) is 11.8 Å². The molecule has 2 fully saturated rings. The maximum absolute atomic E-state index is 6.10. The van der Waals surface area contributed by atoms with Crippen molar-refractivity contribution < 1.29 is 4.74 Å². The Bertz CT molecular complexity index is 417. The van der Waals surface area contributed by atoms with Crippen molar-refractivity contribution in [3.8, 4) is 0 Å². The van der Waals surface area contributed by atoms with Gasteiger partial charge in [0.25, 0.3) is 0 Å². The van der Waals surface area contributed by atoms with Crippen molar-refractivity contribution in [2.75, 3.05) is 39.0 Å². The van der Waals surface area contributed by atoms with Crippen molar-refractivity contribution in [1.82, 2.24) is 10.2 Å². The average Bonchev–Trinajstić information content (AvgIpc) is 2.46. The number of rotatable bonds is 2. The Hall–Kier alpha value is -0.420. The van der Waals surface area contributed by atoms with Crippen LogP contribution in [0.2, 0.25) is 0 Å². The van der Waals surface area contributed by atoms with Crippen LogP contribution in [0, 0.1) is 11.3 Å². The zero-order valence-electron chi connectivity index (χ0n) is 15.8. The molecule has 2 aliphatic rings. The molecule has 0 aromatic heterocycles. The zero-order valence-corrected chi connectivity index (χ0v) is 16.6. The lowest BCUT2D eigenvalue weighted by Crippen LogP contribution is -2.53. The summed E-state index contributed by atoms with van der Waals surface area (Å²) in [6.07, 6.45) is 2.74. The summed E-state index contributed by atoms with van der Waals surface area (Å²) in [5.41, 5.74) is 0.194. The van der Waals surface area contributed by atoms with Gasteiger partial charge in [0.2, 0.25) is 0 Å². The van der Waals surface area contributed by atoms with Gasteiger partial charge in [-0.1, -0.05) is 20.8 Å². The topological polar surface area (TPSA) is 36.9 Å². The van der Waals surface area contributed by atoms with Gasteiger partial charge in [-0.05, 0) is 32.1 Å². The predicted molar refractivity (Wildman–Crippen MR) is 101 cm³/mol. The molecule has 23 heavy (non-hydrogen) atoms. The van der Waals surface area contributed by atoms with Crippen LogP contribution in [-0.4, -0.2) is 60.8 Å². The molecule has 0 amide bonds. The van der Waals surface area contributed by atoms with Gasteiger partial charge in [0.15, 0.2) is 5.96 Å². The first-order chi connectivity index (χ1) is 10.7. The van der Waals surface area contributed by atoms with E-state index in [1.165, 1.54) is 18.6 Å². The van der Waals surface area contributed by atoms with Gasteiger partial charge in [-0.3, -0.25) is 4.99 Å². The number of thioether (sulfide) groups is 1. The van der Waals surface area contributed by atoms with E-state index in [1.54, 1.807) is 0 Å². The predicted octanol–water partition coefficient (Wildman–Crippen LogP) is 3.23. The highest BCUT2D eigenvalue weighted by Crippen LogP contribution is 2.34. The zero-order chi connectivity index (χ0) is 17.1. The third-order valence-electron chi connectivity index (χ3n) is 4.76. The molecule has 0 aliphatic carbocycles. The molecule has 0 spiro atoms. The lowest BCUT2D eigenvalue weighted by molar-refractivity contribution is -0.0836. The van der Waals surface area contributed by atoms with Gasteiger partial charge in [0.1, 0.15) is 0 Å². The number of hydrogen-bond acceptors (Lipinski definition) is 3. The van der Waals surface area contributed by atoms with E-state index in [4.69, 9.17) is 4.74 Å². The van der Waals surface area contributed by atoms with Crippen molar-refractivity contribution in [3.05, 3.63) is 0 Å². The smallest absolute Gasteiger partial charge is 0.193 e. The average molecular weight is 342 g/mol. The second kappa shape index (κ2) is 7.64. The second-order valence-electron chi connectivity index (χ2n) is 8.52. The normalized spacial score (nSPS) is 29.5. The Kier molecular flexibility index (Phi) is 6.28. The molecule has 1 N–H and O–H groups in total. The number of guanidine groups is 1. The summed E-state index contributed by atoms with van der Waals surface area (Å²) in [5, 5.41) is 3.64. The van der Waals surface area contributed by atoms with E-state index in [9.17, 15) is 0 Å². The maximum atomic E-state index is 6.10. The van der Waals surface area contributed by atoms with Crippen LogP contribution < -0.4 is 5.32 Å². The summed E-state index contributed by atoms with van der Waals surface area (Å²) >= 11 is 2.06. The molecule has 4 nitrogen and oxygen atoms in total. The molecular weight excluding hydrogens is 306 g/mol. The van der Waals surface area contributed by atoms with Crippen molar-refractivity contribution in [3.63, 3.8) is 0 Å². The minimum absolute atomic E-state index is 0.194. The summed E-state index contributed by atoms with van der Waals surface area (Å²) in [5.74, 6) is 2.79. The van der Waals surface area contributed by atoms with Gasteiger partial charge in [-0.15, -0.1) is 0 Å². The van der Waals surface area contributed by atoms with Crippen LogP contribution in [-0.2, 0) is 4.74 Å². The number of hydrogen-bond donors (Lipinski definition) is 1. The molecule has 2 saturated heterocycles. The van der Waals surface area contributed by atoms with E-state index >= 15 is 0 Å². The Morgan fingerprint density at radius 3 is 2.74 bits per heavy atom. The fourth-order valence-electron chi connectivity index (χ4n) is 3.76. The minimum Gasteiger partial charge on any atom is -0.377 e. The van der Waals surface area contributed by atoms with Crippen LogP contribution in [0.5, 0.6) is 0 Å². The molecular formula is C18H35N3OS. The van der Waals surface area contributed by atoms with Crippen molar-refractivity contribution in [2.24, 2.45) is 16.3 Å². The van der Waals surface area contributed by atoms with Crippen molar-refractivity contribution >= 4 is 17.7 Å². The molecule has 0 aromatic rings. The number of nitrogens with zero attached hydrogens (tertiary/aromatic N) is 2. The molecule has 2 heterocycles. The van der Waals surface area contributed by atoms with E-state index in [1.807, 2.05) is 7.05 Å². The monoisotopic (exact) mass is 341 g/mol. The molecule has 2 atom stereocenters. The van der Waals surface area contributed by atoms with E-state index < -0.39 is 0 Å². The number of nitrogens with one attached hydrogen (secondary N) is 1. The lowest BCUT2D eigenvalue weighted by Gasteiger charge is -2.42. The van der Waals surface area contributed by atoms with Crippen LogP contribution >= 0.6 is 11.8 Å².